The highest BCUT2D eigenvalue weighted by atomic mass is 32.2. The third-order valence-electron chi connectivity index (χ3n) is 9.94. The summed E-state index contributed by atoms with van der Waals surface area (Å²) in [6, 6.07) is 13.3. The van der Waals surface area contributed by atoms with Crippen molar-refractivity contribution in [2.75, 3.05) is 0 Å². The fraction of sp³-hybridized carbons (Fsp3) is 0.270. The first-order valence-electron chi connectivity index (χ1n) is 17.0. The number of nitrogens with zero attached hydrogens (tertiary/aromatic N) is 6. The van der Waals surface area contributed by atoms with Gasteiger partial charge in [-0.2, -0.15) is 10.4 Å². The number of nitro benzene ring substituents is 2. The van der Waals surface area contributed by atoms with Crippen LogP contribution in [0.15, 0.2) is 77.8 Å². The third-order valence-corrected chi connectivity index (χ3v) is 11.5. The molecule has 3 heterocycles. The van der Waals surface area contributed by atoms with Crippen LogP contribution in [0, 0.1) is 43.2 Å². The van der Waals surface area contributed by atoms with Gasteiger partial charge in [0, 0.05) is 46.8 Å². The van der Waals surface area contributed by atoms with E-state index in [1.165, 1.54) is 47.3 Å². The Morgan fingerprint density at radius 1 is 1.00 bits per heavy atom. The number of fused-ring (bicyclic) bond motifs is 3. The number of sulfonamides is 1. The lowest BCUT2D eigenvalue weighted by atomic mass is 9.91. The maximum absolute atomic E-state index is 16.0. The Morgan fingerprint density at radius 2 is 1.76 bits per heavy atom. The van der Waals surface area contributed by atoms with E-state index in [1.54, 1.807) is 30.9 Å². The van der Waals surface area contributed by atoms with E-state index in [2.05, 4.69) is 9.82 Å². The number of hydrogen-bond donors (Lipinski definition) is 2. The van der Waals surface area contributed by atoms with Crippen molar-refractivity contribution < 1.29 is 36.9 Å². The number of aromatic nitrogens is 2. The molecule has 0 radical (unpaired) electrons. The van der Waals surface area contributed by atoms with Crippen LogP contribution in [0.2, 0.25) is 0 Å². The van der Waals surface area contributed by atoms with Gasteiger partial charge in [0.05, 0.1) is 45.3 Å². The molecular formula is C37H31F2N7O8S. The van der Waals surface area contributed by atoms with Gasteiger partial charge in [-0.25, -0.2) is 21.9 Å². The summed E-state index contributed by atoms with van der Waals surface area (Å²) in [7, 11) is -4.58. The first-order chi connectivity index (χ1) is 26.0. The van der Waals surface area contributed by atoms with Gasteiger partial charge in [-0.15, -0.1) is 0 Å². The molecule has 2 aliphatic rings. The maximum atomic E-state index is 16.0. The van der Waals surface area contributed by atoms with Crippen molar-refractivity contribution in [2.45, 2.75) is 68.3 Å². The third kappa shape index (κ3) is 6.88. The molecule has 55 heavy (non-hydrogen) atoms. The van der Waals surface area contributed by atoms with Crippen LogP contribution in [0.3, 0.4) is 0 Å². The van der Waals surface area contributed by atoms with Crippen LogP contribution in [-0.4, -0.2) is 67.7 Å². The summed E-state index contributed by atoms with van der Waals surface area (Å²) >= 11 is 0. The molecule has 2 bridgehead atoms. The average Bonchev–Trinajstić information content (AvgIpc) is 3.82. The number of nitriles is 1. The van der Waals surface area contributed by atoms with Crippen molar-refractivity contribution in [2.24, 2.45) is 0 Å². The second-order valence-electron chi connectivity index (χ2n) is 14.2. The van der Waals surface area contributed by atoms with Gasteiger partial charge in [-0.3, -0.25) is 29.7 Å². The Kier molecular flexibility index (Phi) is 9.19. The summed E-state index contributed by atoms with van der Waals surface area (Å²) in [5.74, 6) is -1.96. The number of amides is 1. The van der Waals surface area contributed by atoms with E-state index in [-0.39, 0.29) is 40.8 Å². The minimum atomic E-state index is -4.58. The van der Waals surface area contributed by atoms with Crippen molar-refractivity contribution in [3.63, 3.8) is 0 Å². The summed E-state index contributed by atoms with van der Waals surface area (Å²) in [6.07, 6.45) is 2.67. The van der Waals surface area contributed by atoms with Gasteiger partial charge in [-0.05, 0) is 86.2 Å². The SMILES string of the molecule is CC(C)(O)Cn1ncc2cc(-c3ccc(C(=O)N4[C@H]5CC[C@@H]4[C@H](NS(=O)(=O)c4ccc([N+](=O)[O-])cc4[N+](=O)[O-])C5)cc3-c3ccc(C#N)c(F)c3)c(F)cc21. The maximum Gasteiger partial charge on any atom is 0.296 e. The molecule has 0 unspecified atom stereocenters. The van der Waals surface area contributed by atoms with Gasteiger partial charge in [0.2, 0.25) is 10.0 Å². The van der Waals surface area contributed by atoms with Crippen molar-refractivity contribution >= 4 is 38.2 Å². The van der Waals surface area contributed by atoms with Gasteiger partial charge >= 0.3 is 0 Å². The van der Waals surface area contributed by atoms with Crippen LogP contribution in [0.25, 0.3) is 33.2 Å². The summed E-state index contributed by atoms with van der Waals surface area (Å²) in [5.41, 5.74) is -1.47. The van der Waals surface area contributed by atoms with Crippen LogP contribution in [-0.2, 0) is 16.6 Å². The second kappa shape index (κ2) is 13.6. The van der Waals surface area contributed by atoms with Gasteiger partial charge in [0.1, 0.15) is 17.7 Å². The molecule has 2 aliphatic heterocycles. The smallest absolute Gasteiger partial charge is 0.296 e. The Balaban J connectivity index is 1.24. The Bertz CT molecular complexity index is 2600. The molecule has 7 rings (SSSR count). The standard InChI is InChI=1S/C37H31F2N7O8S/c1-37(2,48)19-43-33-16-30(39)28(12-23(33)18-41-43)26-8-5-21(11-27(26)20-3-4-22(17-40)29(38)13-20)36(47)44-24-6-9-32(44)31(14-24)42-55(53,54)35-10-7-25(45(49)50)15-34(35)46(51)52/h3-5,7-8,10-13,15-16,18,24,31-32,42,48H,6,9,14,19H2,1-2H3/t24-,31+,32+/m0/s1. The number of carbonyl (C=O) groups is 1. The number of non-ortho nitro benzene ring substituents is 1. The lowest BCUT2D eigenvalue weighted by molar-refractivity contribution is -0.396. The molecule has 1 aromatic heterocycles. The monoisotopic (exact) mass is 771 g/mol. The minimum absolute atomic E-state index is 0.0968. The summed E-state index contributed by atoms with van der Waals surface area (Å²) in [5, 5.41) is 47.4. The van der Waals surface area contributed by atoms with E-state index in [0.29, 0.717) is 35.4 Å². The largest absolute Gasteiger partial charge is 0.389 e. The predicted molar refractivity (Wildman–Crippen MR) is 193 cm³/mol. The summed E-state index contributed by atoms with van der Waals surface area (Å²) in [4.78, 5) is 36.0. The topological polar surface area (TPSA) is 215 Å². The predicted octanol–water partition coefficient (Wildman–Crippen LogP) is 5.83. The molecule has 0 saturated carbocycles. The minimum Gasteiger partial charge on any atom is -0.389 e. The molecular weight excluding hydrogens is 741 g/mol. The number of nitrogens with one attached hydrogen (secondary N) is 1. The number of carbonyl (C=O) groups excluding carboxylic acids is 1. The van der Waals surface area contributed by atoms with E-state index >= 15 is 8.78 Å². The van der Waals surface area contributed by atoms with Gasteiger partial charge < -0.3 is 10.0 Å². The highest BCUT2D eigenvalue weighted by Crippen LogP contribution is 2.42. The highest BCUT2D eigenvalue weighted by Gasteiger charge is 2.50. The van der Waals surface area contributed by atoms with Crippen LogP contribution < -0.4 is 4.72 Å². The first kappa shape index (κ1) is 37.2. The van der Waals surface area contributed by atoms with E-state index in [0.717, 1.165) is 18.2 Å². The lowest BCUT2D eigenvalue weighted by Crippen LogP contribution is -2.45. The van der Waals surface area contributed by atoms with Crippen LogP contribution >= 0.6 is 0 Å². The number of nitro groups is 2. The molecule has 0 aliphatic carbocycles. The molecule has 0 spiro atoms. The molecule has 1 amide bonds. The van der Waals surface area contributed by atoms with E-state index in [4.69, 9.17) is 0 Å². The Morgan fingerprint density at radius 3 is 2.44 bits per heavy atom. The molecule has 3 atom stereocenters. The normalized spacial score (nSPS) is 18.1. The number of benzene rings is 4. The van der Waals surface area contributed by atoms with Gasteiger partial charge in [-0.1, -0.05) is 12.1 Å². The molecule has 5 aromatic rings. The number of hydrogen-bond acceptors (Lipinski definition) is 10. The van der Waals surface area contributed by atoms with Crippen molar-refractivity contribution in [3.05, 3.63) is 116 Å². The zero-order valence-corrected chi connectivity index (χ0v) is 30.0. The first-order valence-corrected chi connectivity index (χ1v) is 18.4. The number of halogens is 2. The lowest BCUT2D eigenvalue weighted by Gasteiger charge is -2.25. The van der Waals surface area contributed by atoms with Crippen LogP contribution in [0.5, 0.6) is 0 Å². The summed E-state index contributed by atoms with van der Waals surface area (Å²) < 4.78 is 61.9. The van der Waals surface area contributed by atoms with Gasteiger partial charge in [0.25, 0.3) is 17.3 Å². The highest BCUT2D eigenvalue weighted by molar-refractivity contribution is 7.89. The molecule has 2 fully saturated rings. The molecule has 15 nitrogen and oxygen atoms in total. The van der Waals surface area contributed by atoms with Crippen molar-refractivity contribution in [3.8, 4) is 28.3 Å². The molecule has 18 heteroatoms. The zero-order valence-electron chi connectivity index (χ0n) is 29.1. The number of rotatable bonds is 10. The Labute approximate surface area is 311 Å². The number of aliphatic hydroxyl groups is 1. The van der Waals surface area contributed by atoms with Crippen LogP contribution in [0.1, 0.15) is 49.0 Å². The van der Waals surface area contributed by atoms with Crippen molar-refractivity contribution in [1.82, 2.24) is 19.4 Å². The van der Waals surface area contributed by atoms with E-state index in [9.17, 15) is 43.8 Å². The van der Waals surface area contributed by atoms with Crippen LogP contribution in [0.4, 0.5) is 20.2 Å². The fourth-order valence-corrected chi connectivity index (χ4v) is 8.99. The Hall–Kier alpha value is -6.16. The summed E-state index contributed by atoms with van der Waals surface area (Å²) in [6.45, 7) is 3.29. The van der Waals surface area contributed by atoms with Gasteiger partial charge in [0.15, 0.2) is 4.90 Å². The quantitative estimate of drug-likeness (QED) is 0.128. The van der Waals surface area contributed by atoms with E-state index in [1.807, 2.05) is 0 Å². The molecule has 4 aromatic carbocycles. The molecule has 2 saturated heterocycles. The second-order valence-corrected chi connectivity index (χ2v) is 15.9. The average molecular weight is 772 g/mol. The zero-order chi connectivity index (χ0) is 39.6. The van der Waals surface area contributed by atoms with Crippen molar-refractivity contribution in [1.29, 1.82) is 5.26 Å². The molecule has 282 valence electrons. The fourth-order valence-electron chi connectivity index (χ4n) is 7.56. The molecule has 2 N–H and O–H groups in total. The van der Waals surface area contributed by atoms with E-state index < -0.39 is 77.4 Å².